The van der Waals surface area contributed by atoms with Crippen LogP contribution in [0.25, 0.3) is 11.3 Å². The van der Waals surface area contributed by atoms with Crippen molar-refractivity contribution in [2.75, 3.05) is 6.54 Å². The summed E-state index contributed by atoms with van der Waals surface area (Å²) in [7, 11) is 1.77. The maximum absolute atomic E-state index is 12.3. The molecule has 25 heavy (non-hydrogen) atoms. The van der Waals surface area contributed by atoms with E-state index >= 15 is 0 Å². The van der Waals surface area contributed by atoms with Gasteiger partial charge in [0.25, 0.3) is 5.91 Å². The Balaban J connectivity index is 1.67. The molecule has 0 radical (unpaired) electrons. The van der Waals surface area contributed by atoms with E-state index in [1.54, 1.807) is 37.1 Å². The molecule has 3 N–H and O–H groups in total. The van der Waals surface area contributed by atoms with Gasteiger partial charge in [-0.2, -0.15) is 10.2 Å². The van der Waals surface area contributed by atoms with E-state index in [0.29, 0.717) is 17.0 Å². The molecule has 1 amide bonds. The lowest BCUT2D eigenvalue weighted by Gasteiger charge is -2.21. The highest BCUT2D eigenvalue weighted by Crippen LogP contribution is 2.20. The summed E-state index contributed by atoms with van der Waals surface area (Å²) in [5, 5.41) is 24.2. The van der Waals surface area contributed by atoms with Gasteiger partial charge in [0, 0.05) is 24.4 Å². The Labute approximate surface area is 145 Å². The highest BCUT2D eigenvalue weighted by molar-refractivity contribution is 5.93. The first-order valence-corrected chi connectivity index (χ1v) is 7.97. The maximum atomic E-state index is 12.3. The van der Waals surface area contributed by atoms with Crippen molar-refractivity contribution >= 4 is 5.91 Å². The molecule has 0 saturated heterocycles. The van der Waals surface area contributed by atoms with Crippen LogP contribution in [0.15, 0.2) is 42.7 Å². The van der Waals surface area contributed by atoms with Crippen molar-refractivity contribution in [2.24, 2.45) is 7.05 Å². The topological polar surface area (TPSA) is 95.8 Å². The number of carbonyl (C=O) groups excluding carboxylic acids is 1. The van der Waals surface area contributed by atoms with Crippen LogP contribution in [0, 0.1) is 6.92 Å². The first-order chi connectivity index (χ1) is 11.8. The number of carbonyl (C=O) groups is 1. The molecule has 130 valence electrons. The average molecular weight is 339 g/mol. The minimum Gasteiger partial charge on any atom is -0.383 e. The van der Waals surface area contributed by atoms with Crippen LogP contribution in [0.4, 0.5) is 0 Å². The number of nitrogens with zero attached hydrogens (tertiary/aromatic N) is 3. The summed E-state index contributed by atoms with van der Waals surface area (Å²) < 4.78 is 1.61. The fourth-order valence-corrected chi connectivity index (χ4v) is 2.46. The van der Waals surface area contributed by atoms with Crippen LogP contribution in [0.1, 0.15) is 28.5 Å². The number of amides is 1. The molecule has 3 rings (SSSR count). The number of aryl methyl sites for hydroxylation is 2. The van der Waals surface area contributed by atoms with Crippen LogP contribution in [0.2, 0.25) is 0 Å². The van der Waals surface area contributed by atoms with Crippen LogP contribution < -0.4 is 5.32 Å². The minimum absolute atomic E-state index is 0.0659. The monoisotopic (exact) mass is 339 g/mol. The van der Waals surface area contributed by atoms with Gasteiger partial charge in [0.2, 0.25) is 0 Å². The molecule has 0 aliphatic heterocycles. The summed E-state index contributed by atoms with van der Waals surface area (Å²) in [5.41, 5.74) is 2.57. The second-order valence-corrected chi connectivity index (χ2v) is 6.39. The molecule has 7 heteroatoms. The Morgan fingerprint density at radius 2 is 2.08 bits per heavy atom. The van der Waals surface area contributed by atoms with Crippen molar-refractivity contribution in [3.05, 3.63) is 59.5 Å². The van der Waals surface area contributed by atoms with Gasteiger partial charge in [0.15, 0.2) is 0 Å². The lowest BCUT2D eigenvalue weighted by atomic mass is 10.00. The standard InChI is InChI=1S/C18H21N5O2/c1-12-4-6-13(7-5-12)15-8-16(22-21-15)17(24)19-11-18(2,25)14-9-20-23(3)10-14/h4-10,25H,11H2,1-3H3,(H,19,24)(H,21,22)/t18-/m1/s1. The first kappa shape index (κ1) is 16.9. The lowest BCUT2D eigenvalue weighted by Crippen LogP contribution is -2.38. The summed E-state index contributed by atoms with van der Waals surface area (Å²) in [5.74, 6) is -0.324. The second kappa shape index (κ2) is 6.52. The Morgan fingerprint density at radius 3 is 2.72 bits per heavy atom. The zero-order valence-electron chi connectivity index (χ0n) is 14.4. The third-order valence-electron chi connectivity index (χ3n) is 4.09. The number of rotatable bonds is 5. The number of aliphatic hydroxyl groups is 1. The van der Waals surface area contributed by atoms with Crippen molar-refractivity contribution in [3.8, 4) is 11.3 Å². The summed E-state index contributed by atoms with van der Waals surface area (Å²) in [6.07, 6.45) is 3.30. The number of hydrogen-bond donors (Lipinski definition) is 3. The van der Waals surface area contributed by atoms with Crippen molar-refractivity contribution < 1.29 is 9.90 Å². The van der Waals surface area contributed by atoms with E-state index in [2.05, 4.69) is 20.6 Å². The van der Waals surface area contributed by atoms with Gasteiger partial charge in [-0.05, 0) is 19.9 Å². The first-order valence-electron chi connectivity index (χ1n) is 7.97. The maximum Gasteiger partial charge on any atom is 0.269 e. The van der Waals surface area contributed by atoms with Crippen molar-refractivity contribution in [1.29, 1.82) is 0 Å². The predicted octanol–water partition coefficient (Wildman–Crippen LogP) is 1.76. The summed E-state index contributed by atoms with van der Waals surface area (Å²) >= 11 is 0. The van der Waals surface area contributed by atoms with E-state index in [1.807, 2.05) is 31.2 Å². The Bertz CT molecular complexity index is 877. The van der Waals surface area contributed by atoms with E-state index in [1.165, 1.54) is 0 Å². The van der Waals surface area contributed by atoms with Gasteiger partial charge in [-0.3, -0.25) is 14.6 Å². The van der Waals surface area contributed by atoms with Gasteiger partial charge in [0.1, 0.15) is 11.3 Å². The summed E-state index contributed by atoms with van der Waals surface area (Å²) in [6.45, 7) is 3.72. The van der Waals surface area contributed by atoms with Gasteiger partial charge in [-0.1, -0.05) is 29.8 Å². The molecule has 1 atom stereocenters. The van der Waals surface area contributed by atoms with E-state index in [-0.39, 0.29) is 12.5 Å². The van der Waals surface area contributed by atoms with Crippen LogP contribution >= 0.6 is 0 Å². The van der Waals surface area contributed by atoms with Crippen molar-refractivity contribution in [2.45, 2.75) is 19.4 Å². The number of hydrogen-bond acceptors (Lipinski definition) is 4. The number of aromatic nitrogens is 4. The number of H-pyrrole nitrogens is 1. The van der Waals surface area contributed by atoms with Gasteiger partial charge in [-0.25, -0.2) is 0 Å². The third kappa shape index (κ3) is 3.77. The van der Waals surface area contributed by atoms with Crippen molar-refractivity contribution in [1.82, 2.24) is 25.3 Å². The van der Waals surface area contributed by atoms with Gasteiger partial charge in [-0.15, -0.1) is 0 Å². The SMILES string of the molecule is Cc1ccc(-c2cc(C(=O)NC[C@@](C)(O)c3cnn(C)c3)[nH]n2)cc1. The Kier molecular flexibility index (Phi) is 4.41. The molecule has 0 bridgehead atoms. The molecule has 7 nitrogen and oxygen atoms in total. The Morgan fingerprint density at radius 1 is 1.36 bits per heavy atom. The number of benzene rings is 1. The molecule has 1 aromatic carbocycles. The number of nitrogens with one attached hydrogen (secondary N) is 2. The molecule has 0 aliphatic rings. The predicted molar refractivity (Wildman–Crippen MR) is 93.9 cm³/mol. The van der Waals surface area contributed by atoms with Crippen LogP contribution in [-0.4, -0.2) is 37.5 Å². The van der Waals surface area contributed by atoms with Gasteiger partial charge < -0.3 is 10.4 Å². The Hall–Kier alpha value is -2.93. The van der Waals surface area contributed by atoms with Crippen LogP contribution in [0.5, 0.6) is 0 Å². The van der Waals surface area contributed by atoms with E-state index in [9.17, 15) is 9.90 Å². The van der Waals surface area contributed by atoms with Crippen molar-refractivity contribution in [3.63, 3.8) is 0 Å². The summed E-state index contributed by atoms with van der Waals surface area (Å²) in [4.78, 5) is 12.3. The smallest absolute Gasteiger partial charge is 0.269 e. The molecule has 0 unspecified atom stereocenters. The molecule has 3 aromatic rings. The fourth-order valence-electron chi connectivity index (χ4n) is 2.46. The quantitative estimate of drug-likeness (QED) is 0.660. The highest BCUT2D eigenvalue weighted by Gasteiger charge is 2.26. The molecular weight excluding hydrogens is 318 g/mol. The van der Waals surface area contributed by atoms with Crippen LogP contribution in [0.3, 0.4) is 0 Å². The molecule has 0 spiro atoms. The second-order valence-electron chi connectivity index (χ2n) is 6.39. The third-order valence-corrected chi connectivity index (χ3v) is 4.09. The minimum atomic E-state index is -1.20. The highest BCUT2D eigenvalue weighted by atomic mass is 16.3. The molecule has 2 aromatic heterocycles. The average Bonchev–Trinajstić information content (AvgIpc) is 3.23. The van der Waals surface area contributed by atoms with E-state index < -0.39 is 5.60 Å². The molecule has 0 saturated carbocycles. The van der Waals surface area contributed by atoms with Crippen LogP contribution in [-0.2, 0) is 12.6 Å². The molecular formula is C18H21N5O2. The molecule has 0 fully saturated rings. The van der Waals surface area contributed by atoms with Gasteiger partial charge >= 0.3 is 0 Å². The fraction of sp³-hybridized carbons (Fsp3) is 0.278. The normalized spacial score (nSPS) is 13.4. The van der Waals surface area contributed by atoms with E-state index in [4.69, 9.17) is 0 Å². The van der Waals surface area contributed by atoms with Gasteiger partial charge in [0.05, 0.1) is 18.4 Å². The largest absolute Gasteiger partial charge is 0.383 e. The molecule has 0 aliphatic carbocycles. The summed E-state index contributed by atoms with van der Waals surface area (Å²) in [6, 6.07) is 9.60. The van der Waals surface area contributed by atoms with E-state index in [0.717, 1.165) is 11.1 Å². The molecule has 2 heterocycles. The number of aromatic amines is 1. The zero-order chi connectivity index (χ0) is 18.0. The zero-order valence-corrected chi connectivity index (χ0v) is 14.4. The lowest BCUT2D eigenvalue weighted by molar-refractivity contribution is 0.0524.